The molecule has 0 saturated heterocycles. The molecule has 0 amide bonds. The van der Waals surface area contributed by atoms with Gasteiger partial charge in [0.15, 0.2) is 5.82 Å². The van der Waals surface area contributed by atoms with Crippen molar-refractivity contribution in [2.24, 2.45) is 0 Å². The third kappa shape index (κ3) is 2.36. The highest BCUT2D eigenvalue weighted by molar-refractivity contribution is 6.31. The Bertz CT molecular complexity index is 893. The predicted octanol–water partition coefficient (Wildman–Crippen LogP) is 4.50. The first-order valence-corrected chi connectivity index (χ1v) is 8.04. The van der Waals surface area contributed by atoms with Crippen molar-refractivity contribution in [3.05, 3.63) is 64.2 Å². The third-order valence-corrected chi connectivity index (χ3v) is 4.74. The van der Waals surface area contributed by atoms with E-state index in [4.69, 9.17) is 21.9 Å². The molecule has 122 valence electrons. The molecule has 1 aliphatic carbocycles. The topological polar surface area (TPSA) is 64.9 Å². The number of aryl methyl sites for hydroxylation is 1. The lowest BCUT2D eigenvalue weighted by molar-refractivity contribution is 0.416. The van der Waals surface area contributed by atoms with Crippen LogP contribution in [0.25, 0.3) is 11.5 Å². The second-order valence-electron chi connectivity index (χ2n) is 6.23. The molecule has 0 unspecified atom stereocenters. The number of nitrogens with two attached hydrogens (primary N) is 1. The number of aromatic nitrogens is 2. The maximum absolute atomic E-state index is 14.5. The van der Waals surface area contributed by atoms with Gasteiger partial charge in [-0.2, -0.15) is 4.98 Å². The van der Waals surface area contributed by atoms with Gasteiger partial charge in [0.1, 0.15) is 5.82 Å². The zero-order valence-electron chi connectivity index (χ0n) is 13.0. The fourth-order valence-electron chi connectivity index (χ4n) is 2.99. The summed E-state index contributed by atoms with van der Waals surface area (Å²) in [4.78, 5) is 4.49. The minimum Gasteiger partial charge on any atom is -0.399 e. The van der Waals surface area contributed by atoms with Crippen molar-refractivity contribution in [2.75, 3.05) is 5.73 Å². The van der Waals surface area contributed by atoms with Gasteiger partial charge in [0, 0.05) is 21.8 Å². The van der Waals surface area contributed by atoms with Crippen LogP contribution in [-0.2, 0) is 5.41 Å². The smallest absolute Gasteiger partial charge is 0.257 e. The van der Waals surface area contributed by atoms with Crippen LogP contribution in [0.5, 0.6) is 0 Å². The first-order chi connectivity index (χ1) is 11.5. The molecular weight excluding hydrogens is 329 g/mol. The van der Waals surface area contributed by atoms with E-state index < -0.39 is 11.2 Å². The summed E-state index contributed by atoms with van der Waals surface area (Å²) in [5.74, 6) is 0.450. The lowest BCUT2D eigenvalue weighted by atomic mass is 9.94. The predicted molar refractivity (Wildman–Crippen MR) is 90.3 cm³/mol. The first-order valence-electron chi connectivity index (χ1n) is 7.66. The van der Waals surface area contributed by atoms with Gasteiger partial charge in [0.2, 0.25) is 0 Å². The van der Waals surface area contributed by atoms with Gasteiger partial charge in [-0.3, -0.25) is 0 Å². The highest BCUT2D eigenvalue weighted by Crippen LogP contribution is 2.55. The van der Waals surface area contributed by atoms with E-state index in [9.17, 15) is 4.39 Å². The van der Waals surface area contributed by atoms with Crippen LogP contribution in [0.15, 0.2) is 40.9 Å². The van der Waals surface area contributed by atoms with Gasteiger partial charge in [0.05, 0.1) is 5.41 Å². The molecule has 0 bridgehead atoms. The number of benzene rings is 2. The summed E-state index contributed by atoms with van der Waals surface area (Å²) in [5.41, 5.74) is 7.70. The van der Waals surface area contributed by atoms with Crippen LogP contribution < -0.4 is 5.73 Å². The number of halogens is 2. The maximum Gasteiger partial charge on any atom is 0.257 e. The SMILES string of the molecule is Cc1ccc(-c2nc(C3(c4c(F)cc(N)cc4Cl)CC3)no2)cc1. The zero-order chi connectivity index (χ0) is 16.9. The van der Waals surface area contributed by atoms with E-state index in [1.807, 2.05) is 31.2 Å². The van der Waals surface area contributed by atoms with E-state index in [0.717, 1.165) is 24.0 Å². The fourth-order valence-corrected chi connectivity index (χ4v) is 3.39. The number of hydrogen-bond donors (Lipinski definition) is 1. The van der Waals surface area contributed by atoms with Gasteiger partial charge in [-0.25, -0.2) is 4.39 Å². The second-order valence-corrected chi connectivity index (χ2v) is 6.64. The molecular formula is C18H15ClFN3O. The van der Waals surface area contributed by atoms with Crippen molar-refractivity contribution in [3.63, 3.8) is 0 Å². The Morgan fingerprint density at radius 2 is 1.92 bits per heavy atom. The molecule has 1 saturated carbocycles. The molecule has 0 atom stereocenters. The molecule has 4 rings (SSSR count). The van der Waals surface area contributed by atoms with Crippen LogP contribution in [-0.4, -0.2) is 10.1 Å². The summed E-state index contributed by atoms with van der Waals surface area (Å²) in [6, 6.07) is 10.6. The Morgan fingerprint density at radius 1 is 1.21 bits per heavy atom. The highest BCUT2D eigenvalue weighted by Gasteiger charge is 2.52. The van der Waals surface area contributed by atoms with Crippen LogP contribution in [0.4, 0.5) is 10.1 Å². The van der Waals surface area contributed by atoms with E-state index in [1.54, 1.807) is 6.07 Å². The van der Waals surface area contributed by atoms with Crippen molar-refractivity contribution in [3.8, 4) is 11.5 Å². The molecule has 0 spiro atoms. The molecule has 2 N–H and O–H groups in total. The van der Waals surface area contributed by atoms with Crippen molar-refractivity contribution in [1.29, 1.82) is 0 Å². The van der Waals surface area contributed by atoms with Gasteiger partial charge >= 0.3 is 0 Å². The molecule has 0 radical (unpaired) electrons. The molecule has 1 aromatic heterocycles. The standard InChI is InChI=1S/C18H15ClFN3O/c1-10-2-4-11(5-3-10)16-22-17(23-24-16)18(6-7-18)15-13(19)8-12(21)9-14(15)20/h2-5,8-9H,6-7,21H2,1H3. The molecule has 1 heterocycles. The van der Waals surface area contributed by atoms with Crippen LogP contribution in [0.1, 0.15) is 29.8 Å². The monoisotopic (exact) mass is 343 g/mol. The summed E-state index contributed by atoms with van der Waals surface area (Å²) in [6.07, 6.45) is 1.45. The molecule has 0 aliphatic heterocycles. The lowest BCUT2D eigenvalue weighted by Crippen LogP contribution is -2.14. The van der Waals surface area contributed by atoms with Gasteiger partial charge in [-0.05, 0) is 44.0 Å². The molecule has 3 aromatic rings. The van der Waals surface area contributed by atoms with Gasteiger partial charge < -0.3 is 10.3 Å². The summed E-state index contributed by atoms with van der Waals surface area (Å²) in [6.45, 7) is 2.01. The molecule has 1 fully saturated rings. The Morgan fingerprint density at radius 3 is 2.54 bits per heavy atom. The van der Waals surface area contributed by atoms with Crippen molar-refractivity contribution < 1.29 is 8.91 Å². The Balaban J connectivity index is 1.76. The Hall–Kier alpha value is -2.40. The lowest BCUT2D eigenvalue weighted by Gasteiger charge is -2.14. The average molecular weight is 344 g/mol. The highest BCUT2D eigenvalue weighted by atomic mass is 35.5. The number of nitrogen functional groups attached to an aromatic ring is 1. The van der Waals surface area contributed by atoms with Gasteiger partial charge in [-0.15, -0.1) is 0 Å². The number of hydrogen-bond acceptors (Lipinski definition) is 4. The molecule has 1 aliphatic rings. The van der Waals surface area contributed by atoms with E-state index >= 15 is 0 Å². The van der Waals surface area contributed by atoms with Crippen molar-refractivity contribution in [1.82, 2.24) is 10.1 Å². The number of anilines is 1. The third-order valence-electron chi connectivity index (χ3n) is 4.45. The zero-order valence-corrected chi connectivity index (χ0v) is 13.8. The normalized spacial score (nSPS) is 15.5. The Kier molecular flexibility index (Phi) is 3.35. The minimum atomic E-state index is -0.624. The van der Waals surface area contributed by atoms with Crippen LogP contribution in [0.3, 0.4) is 0 Å². The molecule has 24 heavy (non-hydrogen) atoms. The van der Waals surface area contributed by atoms with Crippen molar-refractivity contribution in [2.45, 2.75) is 25.2 Å². The largest absolute Gasteiger partial charge is 0.399 e. The fraction of sp³-hybridized carbons (Fsp3) is 0.222. The minimum absolute atomic E-state index is 0.297. The molecule has 4 nitrogen and oxygen atoms in total. The molecule has 6 heteroatoms. The maximum atomic E-state index is 14.5. The van der Waals surface area contributed by atoms with Crippen LogP contribution in [0, 0.1) is 12.7 Å². The van der Waals surface area contributed by atoms with E-state index in [0.29, 0.717) is 28.0 Å². The van der Waals surface area contributed by atoms with Crippen LogP contribution in [0.2, 0.25) is 5.02 Å². The van der Waals surface area contributed by atoms with Crippen molar-refractivity contribution >= 4 is 17.3 Å². The summed E-state index contributed by atoms with van der Waals surface area (Å²) < 4.78 is 19.8. The van der Waals surface area contributed by atoms with Gasteiger partial charge in [-0.1, -0.05) is 34.5 Å². The Labute approximate surface area is 143 Å². The average Bonchev–Trinajstić information content (AvgIpc) is 3.15. The van der Waals surface area contributed by atoms with Gasteiger partial charge in [0.25, 0.3) is 5.89 Å². The quantitative estimate of drug-likeness (QED) is 0.711. The summed E-state index contributed by atoms with van der Waals surface area (Å²) in [5, 5.41) is 4.39. The first kappa shape index (κ1) is 15.1. The van der Waals surface area contributed by atoms with Crippen LogP contribution >= 0.6 is 11.6 Å². The number of nitrogens with zero attached hydrogens (tertiary/aromatic N) is 2. The van der Waals surface area contributed by atoms with E-state index in [1.165, 1.54) is 6.07 Å². The summed E-state index contributed by atoms with van der Waals surface area (Å²) in [7, 11) is 0. The number of rotatable bonds is 3. The molecule has 2 aromatic carbocycles. The van der Waals surface area contributed by atoms with E-state index in [2.05, 4.69) is 10.1 Å². The second kappa shape index (κ2) is 5.31. The van der Waals surface area contributed by atoms with E-state index in [-0.39, 0.29) is 0 Å². The summed E-state index contributed by atoms with van der Waals surface area (Å²) >= 11 is 6.24.